The molecule has 3 aromatic rings. The first-order valence-corrected chi connectivity index (χ1v) is 6.93. The average Bonchev–Trinajstić information content (AvgIpc) is 2.78. The third-order valence-corrected chi connectivity index (χ3v) is 3.97. The van der Waals surface area contributed by atoms with Crippen molar-refractivity contribution in [2.75, 3.05) is 5.73 Å². The number of hydrogen-bond acceptors (Lipinski definition) is 4. The summed E-state index contributed by atoms with van der Waals surface area (Å²) >= 11 is 7.46. The van der Waals surface area contributed by atoms with Crippen LogP contribution in [0.2, 0.25) is 5.02 Å². The monoisotopic (exact) mass is 290 g/mol. The number of rotatable bonds is 2. The molecule has 96 valence electrons. The molecule has 0 saturated heterocycles. The van der Waals surface area contributed by atoms with E-state index in [2.05, 4.69) is 4.98 Å². The summed E-state index contributed by atoms with van der Waals surface area (Å²) in [5.74, 6) is 0. The van der Waals surface area contributed by atoms with Gasteiger partial charge < -0.3 is 10.8 Å². The lowest BCUT2D eigenvalue weighted by Crippen LogP contribution is -2.00. The smallest absolute Gasteiger partial charge is 0.181 e. The van der Waals surface area contributed by atoms with E-state index in [0.717, 1.165) is 10.3 Å². The van der Waals surface area contributed by atoms with Gasteiger partial charge in [-0.15, -0.1) is 0 Å². The van der Waals surface area contributed by atoms with Crippen molar-refractivity contribution in [2.45, 2.75) is 6.10 Å². The first kappa shape index (κ1) is 12.4. The number of aromatic nitrogens is 1. The Labute approximate surface area is 119 Å². The highest BCUT2D eigenvalue weighted by Crippen LogP contribution is 2.35. The van der Waals surface area contributed by atoms with Crippen LogP contribution in [-0.4, -0.2) is 10.1 Å². The van der Waals surface area contributed by atoms with Gasteiger partial charge in [-0.25, -0.2) is 4.98 Å². The molecule has 0 amide bonds. The Morgan fingerprint density at radius 2 is 1.95 bits per heavy atom. The Balaban J connectivity index is 2.19. The molecule has 3 rings (SSSR count). The fourth-order valence-corrected chi connectivity index (χ4v) is 3.16. The summed E-state index contributed by atoms with van der Waals surface area (Å²) in [4.78, 5) is 4.28. The third-order valence-electron chi connectivity index (χ3n) is 2.92. The summed E-state index contributed by atoms with van der Waals surface area (Å²) < 4.78 is 0.884. The molecule has 0 aliphatic heterocycles. The third kappa shape index (κ3) is 2.30. The lowest BCUT2D eigenvalue weighted by molar-refractivity contribution is 0.221. The van der Waals surface area contributed by atoms with Gasteiger partial charge in [0.05, 0.1) is 10.2 Å². The maximum absolute atomic E-state index is 10.5. The van der Waals surface area contributed by atoms with Gasteiger partial charge in [-0.05, 0) is 17.7 Å². The van der Waals surface area contributed by atoms with Crippen LogP contribution in [0.15, 0.2) is 42.5 Å². The van der Waals surface area contributed by atoms with Crippen molar-refractivity contribution in [3.05, 3.63) is 58.6 Å². The van der Waals surface area contributed by atoms with Crippen LogP contribution in [0, 0.1) is 0 Å². The van der Waals surface area contributed by atoms with E-state index in [9.17, 15) is 5.11 Å². The Kier molecular flexibility index (Phi) is 3.14. The van der Waals surface area contributed by atoms with Gasteiger partial charge in [0.15, 0.2) is 5.13 Å². The first-order valence-electron chi connectivity index (χ1n) is 5.73. The Hall–Kier alpha value is -1.62. The second-order valence-electron chi connectivity index (χ2n) is 4.21. The van der Waals surface area contributed by atoms with Crippen molar-refractivity contribution >= 4 is 38.3 Å². The number of halogens is 1. The molecule has 0 fully saturated rings. The molecule has 1 aromatic heterocycles. The maximum atomic E-state index is 10.5. The number of nitrogen functional groups attached to an aromatic ring is 1. The number of nitrogens with zero attached hydrogens (tertiary/aromatic N) is 1. The fraction of sp³-hybridized carbons (Fsp3) is 0.0714. The van der Waals surface area contributed by atoms with Crippen LogP contribution in [0.5, 0.6) is 0 Å². The molecule has 19 heavy (non-hydrogen) atoms. The van der Waals surface area contributed by atoms with E-state index in [0.29, 0.717) is 21.2 Å². The summed E-state index contributed by atoms with van der Waals surface area (Å²) in [6.07, 6.45) is -0.760. The minimum absolute atomic E-state index is 0.471. The van der Waals surface area contributed by atoms with Gasteiger partial charge in [-0.1, -0.05) is 53.3 Å². The fourth-order valence-electron chi connectivity index (χ4n) is 2.06. The normalized spacial score (nSPS) is 12.7. The van der Waals surface area contributed by atoms with Gasteiger partial charge >= 0.3 is 0 Å². The summed E-state index contributed by atoms with van der Waals surface area (Å²) in [5.41, 5.74) is 7.93. The van der Waals surface area contributed by atoms with Crippen molar-refractivity contribution in [1.29, 1.82) is 0 Å². The molecule has 0 radical (unpaired) electrons. The zero-order chi connectivity index (χ0) is 13.4. The number of thiazole rings is 1. The van der Waals surface area contributed by atoms with E-state index in [4.69, 9.17) is 17.3 Å². The molecule has 3 N–H and O–H groups in total. The van der Waals surface area contributed by atoms with Crippen molar-refractivity contribution in [3.63, 3.8) is 0 Å². The minimum atomic E-state index is -0.760. The molecule has 5 heteroatoms. The first-order chi connectivity index (χ1) is 9.15. The van der Waals surface area contributed by atoms with E-state index in [1.165, 1.54) is 11.3 Å². The number of benzene rings is 2. The largest absolute Gasteiger partial charge is 0.384 e. The summed E-state index contributed by atoms with van der Waals surface area (Å²) in [5, 5.41) is 11.5. The molecule has 1 heterocycles. The van der Waals surface area contributed by atoms with Crippen molar-refractivity contribution in [3.8, 4) is 0 Å². The van der Waals surface area contributed by atoms with E-state index in [-0.39, 0.29) is 0 Å². The molecule has 1 atom stereocenters. The lowest BCUT2D eigenvalue weighted by atomic mass is 10.0. The molecule has 0 saturated carbocycles. The van der Waals surface area contributed by atoms with Gasteiger partial charge in [0, 0.05) is 10.6 Å². The SMILES string of the molecule is Nc1nc2c([C@@H](O)c3ccccc3)cc(Cl)cc2s1. The zero-order valence-electron chi connectivity index (χ0n) is 9.88. The molecular formula is C14H11ClN2OS. The second kappa shape index (κ2) is 4.81. The summed E-state index contributed by atoms with van der Waals surface area (Å²) in [6, 6.07) is 13.0. The average molecular weight is 291 g/mol. The zero-order valence-corrected chi connectivity index (χ0v) is 11.4. The Morgan fingerprint density at radius 3 is 2.68 bits per heavy atom. The lowest BCUT2D eigenvalue weighted by Gasteiger charge is -2.12. The number of nitrogens with two attached hydrogens (primary N) is 1. The summed E-state index contributed by atoms with van der Waals surface area (Å²) in [6.45, 7) is 0. The molecule has 0 unspecified atom stereocenters. The number of aliphatic hydroxyl groups excluding tert-OH is 1. The quantitative estimate of drug-likeness (QED) is 0.758. The van der Waals surface area contributed by atoms with Crippen LogP contribution in [0.1, 0.15) is 17.2 Å². The van der Waals surface area contributed by atoms with Gasteiger partial charge in [-0.3, -0.25) is 0 Å². The van der Waals surface area contributed by atoms with Gasteiger partial charge in [0.25, 0.3) is 0 Å². The van der Waals surface area contributed by atoms with Crippen LogP contribution in [0.3, 0.4) is 0 Å². The van der Waals surface area contributed by atoms with Gasteiger partial charge in [-0.2, -0.15) is 0 Å². The molecular weight excluding hydrogens is 280 g/mol. The van der Waals surface area contributed by atoms with Crippen molar-refractivity contribution < 1.29 is 5.11 Å². The highest BCUT2D eigenvalue weighted by molar-refractivity contribution is 7.22. The number of fused-ring (bicyclic) bond motifs is 1. The van der Waals surface area contributed by atoms with Crippen LogP contribution in [0.4, 0.5) is 5.13 Å². The number of hydrogen-bond donors (Lipinski definition) is 2. The number of anilines is 1. The highest BCUT2D eigenvalue weighted by Gasteiger charge is 2.17. The Bertz CT molecular complexity index is 727. The predicted octanol–water partition coefficient (Wildman–Crippen LogP) is 3.61. The molecule has 0 aliphatic rings. The summed E-state index contributed by atoms with van der Waals surface area (Å²) in [7, 11) is 0. The van der Waals surface area contributed by atoms with Crippen molar-refractivity contribution in [2.24, 2.45) is 0 Å². The van der Waals surface area contributed by atoms with E-state index >= 15 is 0 Å². The molecule has 0 aliphatic carbocycles. The van der Waals surface area contributed by atoms with E-state index < -0.39 is 6.10 Å². The van der Waals surface area contributed by atoms with E-state index in [1.807, 2.05) is 36.4 Å². The topological polar surface area (TPSA) is 59.1 Å². The minimum Gasteiger partial charge on any atom is -0.384 e. The van der Waals surface area contributed by atoms with Crippen LogP contribution in [-0.2, 0) is 0 Å². The van der Waals surface area contributed by atoms with E-state index in [1.54, 1.807) is 6.07 Å². The number of aliphatic hydroxyl groups is 1. The molecule has 2 aromatic carbocycles. The predicted molar refractivity (Wildman–Crippen MR) is 79.5 cm³/mol. The van der Waals surface area contributed by atoms with Crippen molar-refractivity contribution in [1.82, 2.24) is 4.98 Å². The Morgan fingerprint density at radius 1 is 1.21 bits per heavy atom. The second-order valence-corrected chi connectivity index (χ2v) is 5.71. The highest BCUT2D eigenvalue weighted by atomic mass is 35.5. The molecule has 0 bridgehead atoms. The standard InChI is InChI=1S/C14H11ClN2OS/c15-9-6-10(12-11(7-9)19-14(16)17-12)13(18)8-4-2-1-3-5-8/h1-7,13,18H,(H2,16,17)/t13-/m0/s1. The van der Waals surface area contributed by atoms with Crippen LogP contribution >= 0.6 is 22.9 Å². The van der Waals surface area contributed by atoms with Gasteiger partial charge in [0.2, 0.25) is 0 Å². The molecule has 0 spiro atoms. The molecule has 3 nitrogen and oxygen atoms in total. The maximum Gasteiger partial charge on any atom is 0.181 e. The van der Waals surface area contributed by atoms with Gasteiger partial charge in [0.1, 0.15) is 6.10 Å². The van der Waals surface area contributed by atoms with Crippen LogP contribution < -0.4 is 5.73 Å². The van der Waals surface area contributed by atoms with Crippen LogP contribution in [0.25, 0.3) is 10.2 Å².